The molecule has 1 fully saturated rings. The Morgan fingerprint density at radius 2 is 2.20 bits per heavy atom. The second kappa shape index (κ2) is 7.53. The van der Waals surface area contributed by atoms with Crippen molar-refractivity contribution in [1.82, 2.24) is 4.98 Å². The van der Waals surface area contributed by atoms with E-state index in [9.17, 15) is 9.59 Å². The number of amides is 1. The van der Waals surface area contributed by atoms with Crippen LogP contribution in [0.3, 0.4) is 0 Å². The highest BCUT2D eigenvalue weighted by molar-refractivity contribution is 6.05. The maximum absolute atomic E-state index is 12.4. The smallest absolute Gasteiger partial charge is 0.272 e. The molecule has 132 valence electrons. The molecular weight excluding hydrogens is 320 g/mol. The first-order chi connectivity index (χ1) is 12.0. The van der Waals surface area contributed by atoms with Crippen molar-refractivity contribution >= 4 is 17.4 Å². The lowest BCUT2D eigenvalue weighted by molar-refractivity contribution is 0.0681. The lowest BCUT2D eigenvalue weighted by atomic mass is 10.2. The highest BCUT2D eigenvalue weighted by Crippen LogP contribution is 2.27. The molecule has 1 aliphatic rings. The number of nitrogens with one attached hydrogen (secondary N) is 2. The Hall–Kier alpha value is -2.60. The summed E-state index contributed by atoms with van der Waals surface area (Å²) < 4.78 is 11.4. The molecule has 0 bridgehead atoms. The molecule has 0 saturated carbocycles. The molecule has 1 unspecified atom stereocenters. The summed E-state index contributed by atoms with van der Waals surface area (Å²) in [5.41, 5.74) is 2.44. The Morgan fingerprint density at radius 1 is 1.36 bits per heavy atom. The maximum Gasteiger partial charge on any atom is 0.272 e. The fourth-order valence-electron chi connectivity index (χ4n) is 2.73. The van der Waals surface area contributed by atoms with E-state index in [-0.39, 0.29) is 17.8 Å². The molecule has 1 atom stereocenters. The number of Topliss-reactive ketones (excluding diaryl/α,β-unsaturated/α-hetero) is 1. The first-order valence-electron chi connectivity index (χ1n) is 8.38. The number of aromatic amines is 1. The molecule has 6 nitrogen and oxygen atoms in total. The Labute approximate surface area is 146 Å². The van der Waals surface area contributed by atoms with Crippen LogP contribution in [0.5, 0.6) is 5.75 Å². The number of aromatic nitrogens is 1. The SMILES string of the molecule is CC(=O)c1c[nH]c(C(=O)Nc2ccc(C)cc2OCC2CCCO2)c1. The molecule has 1 amide bonds. The number of rotatable bonds is 6. The molecule has 1 aromatic carbocycles. The zero-order valence-electron chi connectivity index (χ0n) is 14.4. The number of carbonyl (C=O) groups is 2. The third-order valence-electron chi connectivity index (χ3n) is 4.17. The van der Waals surface area contributed by atoms with Gasteiger partial charge in [-0.3, -0.25) is 9.59 Å². The van der Waals surface area contributed by atoms with E-state index in [1.165, 1.54) is 13.1 Å². The molecule has 2 aromatic rings. The van der Waals surface area contributed by atoms with Crippen molar-refractivity contribution in [2.75, 3.05) is 18.5 Å². The van der Waals surface area contributed by atoms with Crippen LogP contribution in [0.1, 0.15) is 46.2 Å². The van der Waals surface area contributed by atoms with Crippen LogP contribution in [0.4, 0.5) is 5.69 Å². The lowest BCUT2D eigenvalue weighted by Crippen LogP contribution is -2.18. The summed E-state index contributed by atoms with van der Waals surface area (Å²) in [6.45, 7) is 4.66. The highest BCUT2D eigenvalue weighted by atomic mass is 16.5. The largest absolute Gasteiger partial charge is 0.489 e. The second-order valence-corrected chi connectivity index (χ2v) is 6.26. The Bertz CT molecular complexity index is 775. The quantitative estimate of drug-likeness (QED) is 0.789. The van der Waals surface area contributed by atoms with E-state index >= 15 is 0 Å². The lowest BCUT2D eigenvalue weighted by Gasteiger charge is -2.15. The van der Waals surface area contributed by atoms with Gasteiger partial charge in [-0.1, -0.05) is 6.07 Å². The molecule has 0 radical (unpaired) electrons. The number of aryl methyl sites for hydroxylation is 1. The fourth-order valence-corrected chi connectivity index (χ4v) is 2.73. The van der Waals surface area contributed by atoms with Crippen molar-refractivity contribution in [2.24, 2.45) is 0 Å². The van der Waals surface area contributed by atoms with Gasteiger partial charge in [0.05, 0.1) is 11.8 Å². The van der Waals surface area contributed by atoms with Gasteiger partial charge in [-0.05, 0) is 50.5 Å². The first-order valence-corrected chi connectivity index (χ1v) is 8.38. The summed E-state index contributed by atoms with van der Waals surface area (Å²) >= 11 is 0. The summed E-state index contributed by atoms with van der Waals surface area (Å²) in [6, 6.07) is 7.15. The average molecular weight is 342 g/mol. The van der Waals surface area contributed by atoms with Crippen LogP contribution in [0.25, 0.3) is 0 Å². The average Bonchev–Trinajstić information content (AvgIpc) is 3.26. The predicted molar refractivity (Wildman–Crippen MR) is 94.4 cm³/mol. The molecule has 1 aromatic heterocycles. The van der Waals surface area contributed by atoms with Gasteiger partial charge in [-0.15, -0.1) is 0 Å². The van der Waals surface area contributed by atoms with Crippen molar-refractivity contribution in [2.45, 2.75) is 32.8 Å². The number of ether oxygens (including phenoxy) is 2. The third-order valence-corrected chi connectivity index (χ3v) is 4.17. The summed E-state index contributed by atoms with van der Waals surface area (Å²) in [4.78, 5) is 26.6. The van der Waals surface area contributed by atoms with E-state index in [0.29, 0.717) is 29.3 Å². The first kappa shape index (κ1) is 17.2. The van der Waals surface area contributed by atoms with E-state index in [2.05, 4.69) is 10.3 Å². The minimum absolute atomic E-state index is 0.0915. The molecule has 25 heavy (non-hydrogen) atoms. The van der Waals surface area contributed by atoms with Crippen LogP contribution in [0.2, 0.25) is 0 Å². The molecule has 0 spiro atoms. The molecule has 1 aliphatic heterocycles. The monoisotopic (exact) mass is 342 g/mol. The summed E-state index contributed by atoms with van der Waals surface area (Å²) in [5.74, 6) is 0.201. The number of hydrogen-bond acceptors (Lipinski definition) is 4. The van der Waals surface area contributed by atoms with Gasteiger partial charge in [0.2, 0.25) is 0 Å². The van der Waals surface area contributed by atoms with Gasteiger partial charge in [-0.25, -0.2) is 0 Å². The van der Waals surface area contributed by atoms with Gasteiger partial charge in [0.25, 0.3) is 5.91 Å². The van der Waals surface area contributed by atoms with Gasteiger partial charge >= 0.3 is 0 Å². The van der Waals surface area contributed by atoms with Gasteiger partial charge in [-0.2, -0.15) is 0 Å². The number of benzene rings is 1. The van der Waals surface area contributed by atoms with E-state index in [1.54, 1.807) is 6.07 Å². The van der Waals surface area contributed by atoms with Crippen molar-refractivity contribution < 1.29 is 19.1 Å². The molecule has 1 saturated heterocycles. The number of H-pyrrole nitrogens is 1. The van der Waals surface area contributed by atoms with Gasteiger partial charge in [0, 0.05) is 18.4 Å². The molecule has 3 rings (SSSR count). The van der Waals surface area contributed by atoms with Crippen LogP contribution >= 0.6 is 0 Å². The molecule has 2 heterocycles. The van der Waals surface area contributed by atoms with Crippen molar-refractivity contribution in [3.63, 3.8) is 0 Å². The normalized spacial score (nSPS) is 16.6. The number of carbonyl (C=O) groups excluding carboxylic acids is 2. The Morgan fingerprint density at radius 3 is 2.88 bits per heavy atom. The summed E-state index contributed by atoms with van der Waals surface area (Å²) in [7, 11) is 0. The number of ketones is 1. The van der Waals surface area contributed by atoms with Gasteiger partial charge in [0.15, 0.2) is 5.78 Å². The Balaban J connectivity index is 1.71. The molecular formula is C19H22N2O4. The molecule has 0 aliphatic carbocycles. The predicted octanol–water partition coefficient (Wildman–Crippen LogP) is 3.34. The number of hydrogen-bond donors (Lipinski definition) is 2. The molecule has 6 heteroatoms. The summed E-state index contributed by atoms with van der Waals surface area (Å²) in [6.07, 6.45) is 3.67. The van der Waals surface area contributed by atoms with Crippen LogP contribution in [0, 0.1) is 6.92 Å². The van der Waals surface area contributed by atoms with Crippen molar-refractivity contribution in [3.8, 4) is 5.75 Å². The standard InChI is InChI=1S/C19H22N2O4/c1-12-5-6-16(18(8-12)25-11-15-4-3-7-24-15)21-19(23)17-9-14(10-20-17)13(2)22/h5-6,8-10,15,20H,3-4,7,11H2,1-2H3,(H,21,23). The fraction of sp³-hybridized carbons (Fsp3) is 0.368. The molecule has 2 N–H and O–H groups in total. The van der Waals surface area contributed by atoms with Crippen LogP contribution in [-0.4, -0.2) is 36.0 Å². The minimum atomic E-state index is -0.321. The number of anilines is 1. The van der Waals surface area contributed by atoms with E-state index < -0.39 is 0 Å². The highest BCUT2D eigenvalue weighted by Gasteiger charge is 2.18. The second-order valence-electron chi connectivity index (χ2n) is 6.26. The van der Waals surface area contributed by atoms with Gasteiger partial charge < -0.3 is 19.8 Å². The van der Waals surface area contributed by atoms with E-state index in [4.69, 9.17) is 9.47 Å². The third kappa shape index (κ3) is 4.28. The van der Waals surface area contributed by atoms with E-state index in [1.807, 2.05) is 25.1 Å². The van der Waals surface area contributed by atoms with E-state index in [0.717, 1.165) is 25.0 Å². The summed E-state index contributed by atoms with van der Waals surface area (Å²) in [5, 5.41) is 2.83. The topological polar surface area (TPSA) is 80.4 Å². The van der Waals surface area contributed by atoms with Crippen LogP contribution < -0.4 is 10.1 Å². The van der Waals surface area contributed by atoms with Gasteiger partial charge in [0.1, 0.15) is 18.1 Å². The Kier molecular flexibility index (Phi) is 5.19. The maximum atomic E-state index is 12.4. The van der Waals surface area contributed by atoms with Crippen LogP contribution in [0.15, 0.2) is 30.5 Å². The van der Waals surface area contributed by atoms with Crippen molar-refractivity contribution in [1.29, 1.82) is 0 Å². The zero-order chi connectivity index (χ0) is 17.8. The minimum Gasteiger partial charge on any atom is -0.489 e. The van der Waals surface area contributed by atoms with Crippen molar-refractivity contribution in [3.05, 3.63) is 47.3 Å². The van der Waals surface area contributed by atoms with Crippen LogP contribution in [-0.2, 0) is 4.74 Å². The zero-order valence-corrected chi connectivity index (χ0v) is 14.4.